The molecule has 3 rings (SSSR count). The predicted octanol–water partition coefficient (Wildman–Crippen LogP) is 2.39. The minimum absolute atomic E-state index is 0.367. The highest BCUT2D eigenvalue weighted by molar-refractivity contribution is 5.41. The van der Waals surface area contributed by atoms with Crippen LogP contribution in [0.4, 0.5) is 0 Å². The molecule has 2 aromatic rings. The number of ether oxygens (including phenoxy) is 1. The number of para-hydroxylation sites is 1. The summed E-state index contributed by atoms with van der Waals surface area (Å²) in [6.07, 6.45) is 1.63. The largest absolute Gasteiger partial charge is 0.493 e. The van der Waals surface area contributed by atoms with Gasteiger partial charge in [0.15, 0.2) is 0 Å². The Morgan fingerprint density at radius 2 is 2.20 bits per heavy atom. The molecule has 1 unspecified atom stereocenters. The van der Waals surface area contributed by atoms with Crippen molar-refractivity contribution in [3.8, 4) is 5.75 Å². The molecule has 2 N–H and O–H groups in total. The monoisotopic (exact) mass is 271 g/mol. The normalized spacial score (nSPS) is 21.4. The van der Waals surface area contributed by atoms with Gasteiger partial charge in [0.2, 0.25) is 0 Å². The highest BCUT2D eigenvalue weighted by Crippen LogP contribution is 2.37. The van der Waals surface area contributed by atoms with Gasteiger partial charge in [-0.25, -0.2) is 0 Å². The molecule has 0 spiro atoms. The van der Waals surface area contributed by atoms with Crippen LogP contribution in [0.1, 0.15) is 30.3 Å². The van der Waals surface area contributed by atoms with Crippen LogP contribution in [0.3, 0.4) is 0 Å². The van der Waals surface area contributed by atoms with Gasteiger partial charge in [-0.15, -0.1) is 0 Å². The highest BCUT2D eigenvalue weighted by Gasteiger charge is 2.34. The van der Waals surface area contributed by atoms with Crippen LogP contribution in [0.5, 0.6) is 5.75 Å². The molecule has 4 nitrogen and oxygen atoms in total. The molecular formula is C16H21N3O. The van der Waals surface area contributed by atoms with Crippen LogP contribution in [0.15, 0.2) is 30.3 Å². The van der Waals surface area contributed by atoms with E-state index in [2.05, 4.69) is 24.2 Å². The number of fused-ring (bicyclic) bond motifs is 1. The molecule has 0 saturated heterocycles. The molecule has 2 heterocycles. The molecule has 1 atom stereocenters. The minimum Gasteiger partial charge on any atom is -0.493 e. The van der Waals surface area contributed by atoms with Gasteiger partial charge in [0, 0.05) is 30.6 Å². The fourth-order valence-corrected chi connectivity index (χ4v) is 3.00. The van der Waals surface area contributed by atoms with E-state index >= 15 is 0 Å². The maximum absolute atomic E-state index is 6.71. The maximum atomic E-state index is 6.71. The smallest absolute Gasteiger partial charge is 0.124 e. The van der Waals surface area contributed by atoms with Gasteiger partial charge in [0.1, 0.15) is 5.75 Å². The average molecular weight is 271 g/mol. The summed E-state index contributed by atoms with van der Waals surface area (Å²) in [6, 6.07) is 10.2. The van der Waals surface area contributed by atoms with E-state index in [1.54, 1.807) is 0 Å². The topological polar surface area (TPSA) is 53.1 Å². The van der Waals surface area contributed by atoms with Gasteiger partial charge in [-0.05, 0) is 26.0 Å². The van der Waals surface area contributed by atoms with Crippen molar-refractivity contribution >= 4 is 0 Å². The summed E-state index contributed by atoms with van der Waals surface area (Å²) >= 11 is 0. The van der Waals surface area contributed by atoms with Crippen LogP contribution in [0, 0.1) is 6.92 Å². The molecular weight excluding hydrogens is 250 g/mol. The second-order valence-electron chi connectivity index (χ2n) is 5.52. The molecule has 4 heteroatoms. The Morgan fingerprint density at radius 1 is 1.40 bits per heavy atom. The Labute approximate surface area is 119 Å². The second-order valence-corrected chi connectivity index (χ2v) is 5.52. The van der Waals surface area contributed by atoms with Gasteiger partial charge in [-0.1, -0.05) is 18.2 Å². The third-order valence-corrected chi connectivity index (χ3v) is 4.01. The number of aromatic nitrogens is 2. The number of benzene rings is 1. The molecule has 0 bridgehead atoms. The van der Waals surface area contributed by atoms with Gasteiger partial charge >= 0.3 is 0 Å². The number of aryl methyl sites for hydroxylation is 2. The van der Waals surface area contributed by atoms with E-state index in [0.29, 0.717) is 6.61 Å². The van der Waals surface area contributed by atoms with Gasteiger partial charge in [-0.3, -0.25) is 4.68 Å². The zero-order chi connectivity index (χ0) is 14.2. The standard InChI is InChI=1S/C16H21N3O/c1-3-19-13(10-12(2)18-19)11-16(17)8-9-20-15-7-5-4-6-14(15)16/h4-7,10H,3,8-9,11,17H2,1-2H3. The lowest BCUT2D eigenvalue weighted by Gasteiger charge is -2.35. The first-order valence-corrected chi connectivity index (χ1v) is 7.17. The van der Waals surface area contributed by atoms with Crippen LogP contribution >= 0.6 is 0 Å². The summed E-state index contributed by atoms with van der Waals surface area (Å²) in [4.78, 5) is 0. The first-order valence-electron chi connectivity index (χ1n) is 7.17. The Kier molecular flexibility index (Phi) is 3.26. The Balaban J connectivity index is 1.97. The SMILES string of the molecule is CCn1nc(C)cc1CC1(N)CCOc2ccccc21. The number of nitrogens with zero attached hydrogens (tertiary/aromatic N) is 2. The lowest BCUT2D eigenvalue weighted by Crippen LogP contribution is -2.43. The molecule has 1 aromatic heterocycles. The van der Waals surface area contributed by atoms with E-state index in [0.717, 1.165) is 36.4 Å². The second kappa shape index (κ2) is 4.94. The molecule has 106 valence electrons. The maximum Gasteiger partial charge on any atom is 0.124 e. The van der Waals surface area contributed by atoms with Crippen molar-refractivity contribution in [1.82, 2.24) is 9.78 Å². The van der Waals surface area contributed by atoms with Crippen LogP contribution in [-0.2, 0) is 18.5 Å². The van der Waals surface area contributed by atoms with Crippen molar-refractivity contribution in [2.75, 3.05) is 6.61 Å². The zero-order valence-corrected chi connectivity index (χ0v) is 12.1. The van der Waals surface area contributed by atoms with E-state index in [-0.39, 0.29) is 5.54 Å². The summed E-state index contributed by atoms with van der Waals surface area (Å²) in [5.74, 6) is 0.917. The van der Waals surface area contributed by atoms with Gasteiger partial charge in [0.25, 0.3) is 0 Å². The Hall–Kier alpha value is -1.81. The van der Waals surface area contributed by atoms with Crippen molar-refractivity contribution in [3.63, 3.8) is 0 Å². The molecule has 1 aliphatic heterocycles. The van der Waals surface area contributed by atoms with Crippen LogP contribution in [-0.4, -0.2) is 16.4 Å². The molecule has 1 aromatic carbocycles. The summed E-state index contributed by atoms with van der Waals surface area (Å²) < 4.78 is 7.76. The van der Waals surface area contributed by atoms with Crippen molar-refractivity contribution in [1.29, 1.82) is 0 Å². The first kappa shape index (κ1) is 13.2. The average Bonchev–Trinajstić information content (AvgIpc) is 2.79. The van der Waals surface area contributed by atoms with E-state index in [1.165, 1.54) is 5.69 Å². The van der Waals surface area contributed by atoms with Crippen molar-refractivity contribution in [3.05, 3.63) is 47.3 Å². The molecule has 1 aliphatic rings. The number of nitrogens with two attached hydrogens (primary N) is 1. The van der Waals surface area contributed by atoms with E-state index in [9.17, 15) is 0 Å². The molecule has 0 radical (unpaired) electrons. The molecule has 20 heavy (non-hydrogen) atoms. The number of rotatable bonds is 3. The summed E-state index contributed by atoms with van der Waals surface area (Å²) in [5, 5.41) is 4.51. The lowest BCUT2D eigenvalue weighted by molar-refractivity contribution is 0.213. The summed E-state index contributed by atoms with van der Waals surface area (Å²) in [6.45, 7) is 5.68. The predicted molar refractivity (Wildman–Crippen MR) is 78.8 cm³/mol. The third-order valence-electron chi connectivity index (χ3n) is 4.01. The van der Waals surface area contributed by atoms with Gasteiger partial charge < -0.3 is 10.5 Å². The van der Waals surface area contributed by atoms with Crippen LogP contribution in [0.25, 0.3) is 0 Å². The Morgan fingerprint density at radius 3 is 3.00 bits per heavy atom. The molecule has 0 aliphatic carbocycles. The number of hydrogen-bond donors (Lipinski definition) is 1. The fourth-order valence-electron chi connectivity index (χ4n) is 3.00. The van der Waals surface area contributed by atoms with E-state index in [4.69, 9.17) is 10.5 Å². The van der Waals surface area contributed by atoms with E-state index < -0.39 is 0 Å². The molecule has 0 amide bonds. The third kappa shape index (κ3) is 2.20. The number of hydrogen-bond acceptors (Lipinski definition) is 3. The first-order chi connectivity index (χ1) is 9.62. The lowest BCUT2D eigenvalue weighted by atomic mass is 9.81. The van der Waals surface area contributed by atoms with Gasteiger partial charge in [-0.2, -0.15) is 5.10 Å². The minimum atomic E-state index is -0.367. The van der Waals surface area contributed by atoms with Crippen molar-refractivity contribution in [2.24, 2.45) is 5.73 Å². The summed E-state index contributed by atoms with van der Waals surface area (Å²) in [7, 11) is 0. The quantitative estimate of drug-likeness (QED) is 0.932. The van der Waals surface area contributed by atoms with Crippen molar-refractivity contribution in [2.45, 2.75) is 38.8 Å². The van der Waals surface area contributed by atoms with Crippen molar-refractivity contribution < 1.29 is 4.74 Å². The van der Waals surface area contributed by atoms with Gasteiger partial charge in [0.05, 0.1) is 17.8 Å². The molecule has 0 fully saturated rings. The highest BCUT2D eigenvalue weighted by atomic mass is 16.5. The Bertz CT molecular complexity index is 620. The van der Waals surface area contributed by atoms with E-state index in [1.807, 2.05) is 29.8 Å². The molecule has 0 saturated carbocycles. The fraction of sp³-hybridized carbons (Fsp3) is 0.438. The van der Waals surface area contributed by atoms with Crippen LogP contribution < -0.4 is 10.5 Å². The zero-order valence-electron chi connectivity index (χ0n) is 12.1. The summed E-state index contributed by atoms with van der Waals surface area (Å²) in [5.41, 5.74) is 9.70. The van der Waals surface area contributed by atoms with Crippen LogP contribution in [0.2, 0.25) is 0 Å².